The molecule has 0 atom stereocenters. The topological polar surface area (TPSA) is 0 Å². The first kappa shape index (κ1) is 30.9. The predicted octanol–water partition coefficient (Wildman–Crippen LogP) is 8.65. The molecule has 0 aromatic heterocycles. The standard InChI is InChI=1S/2C12H13.C2H6Si.2CH3.Zr/c2*1-8-6-11-9(2)4-5-10(3)12(11)7-8;1-3-2;;;/h2*4-7H,1-3H3;1-2H3;2*1H3;/q2*-1;;2*-1;+4. The third-order valence-corrected chi connectivity index (χ3v) is 4.93. The van der Waals surface area contributed by atoms with Crippen LogP contribution in [0.5, 0.6) is 0 Å². The predicted molar refractivity (Wildman–Crippen MR) is 138 cm³/mol. The molecule has 158 valence electrons. The van der Waals surface area contributed by atoms with E-state index in [1.54, 1.807) is 0 Å². The Morgan fingerprint density at radius 3 is 1.10 bits per heavy atom. The van der Waals surface area contributed by atoms with Crippen LogP contribution in [0.1, 0.15) is 33.4 Å². The molecule has 2 heteroatoms. The largest absolute Gasteiger partial charge is 4.00 e. The molecular weight excluding hydrogens is 456 g/mol. The quantitative estimate of drug-likeness (QED) is 0.170. The zero-order valence-corrected chi connectivity index (χ0v) is 24.1. The molecule has 0 heterocycles. The van der Waals surface area contributed by atoms with Gasteiger partial charge in [0.15, 0.2) is 0 Å². The summed E-state index contributed by atoms with van der Waals surface area (Å²) < 4.78 is 0. The van der Waals surface area contributed by atoms with Crippen LogP contribution in [0, 0.1) is 56.4 Å². The first-order valence-corrected chi connectivity index (χ1v) is 11.6. The van der Waals surface area contributed by atoms with Gasteiger partial charge in [-0.25, -0.2) is 0 Å². The van der Waals surface area contributed by atoms with Crippen LogP contribution in [-0.2, 0) is 26.2 Å². The van der Waals surface area contributed by atoms with E-state index in [0.29, 0.717) is 0 Å². The van der Waals surface area contributed by atoms with E-state index >= 15 is 0 Å². The van der Waals surface area contributed by atoms with Crippen molar-refractivity contribution in [2.45, 2.75) is 54.6 Å². The Balaban J connectivity index is 0. The number of hydrogen-bond donors (Lipinski definition) is 0. The van der Waals surface area contributed by atoms with E-state index in [1.807, 2.05) is 0 Å². The molecule has 0 unspecified atom stereocenters. The van der Waals surface area contributed by atoms with Crippen molar-refractivity contribution in [3.63, 3.8) is 0 Å². The summed E-state index contributed by atoms with van der Waals surface area (Å²) in [5.41, 5.74) is 8.24. The van der Waals surface area contributed by atoms with Crippen LogP contribution in [0.15, 0.2) is 48.5 Å². The smallest absolute Gasteiger partial charge is 0.358 e. The summed E-state index contributed by atoms with van der Waals surface area (Å²) in [6.45, 7) is 17.3. The van der Waals surface area contributed by atoms with Crippen LogP contribution in [-0.4, -0.2) is 9.52 Å². The number of fused-ring (bicyclic) bond motifs is 2. The van der Waals surface area contributed by atoms with Gasteiger partial charge in [-0.1, -0.05) is 64.0 Å². The van der Waals surface area contributed by atoms with Crippen LogP contribution in [0.25, 0.3) is 21.5 Å². The second-order valence-corrected chi connectivity index (χ2v) is 8.62. The van der Waals surface area contributed by atoms with Crippen LogP contribution in [0.4, 0.5) is 0 Å². The molecule has 0 bridgehead atoms. The molecule has 2 radical (unpaired) electrons. The minimum absolute atomic E-state index is 0. The SMILES string of the molecule is C[Si]C.Cc1cc2c(C)ccc(C)c2[cH-]1.Cc1cc2c(C)ccc(C)c2[cH-]1.[CH3-].[CH3-].[Zr+4]. The van der Waals surface area contributed by atoms with Crippen LogP contribution < -0.4 is 0 Å². The Morgan fingerprint density at radius 1 is 0.567 bits per heavy atom. The molecule has 0 aliphatic heterocycles. The van der Waals surface area contributed by atoms with E-state index in [2.05, 4.69) is 103 Å². The van der Waals surface area contributed by atoms with Gasteiger partial charge >= 0.3 is 26.2 Å². The van der Waals surface area contributed by atoms with Gasteiger partial charge in [-0.2, -0.15) is 12.1 Å². The Hall–Kier alpha value is -1.24. The van der Waals surface area contributed by atoms with Gasteiger partial charge < -0.3 is 14.9 Å². The summed E-state index contributed by atoms with van der Waals surface area (Å²) in [5, 5.41) is 5.64. The average Bonchev–Trinajstić information content (AvgIpc) is 3.20. The summed E-state index contributed by atoms with van der Waals surface area (Å²) in [7, 11) is 1.08. The van der Waals surface area contributed by atoms with Gasteiger partial charge in [0.2, 0.25) is 0 Å². The van der Waals surface area contributed by atoms with E-state index < -0.39 is 0 Å². The van der Waals surface area contributed by atoms with Gasteiger partial charge in [0.1, 0.15) is 0 Å². The Labute approximate surface area is 207 Å². The van der Waals surface area contributed by atoms with Crippen molar-refractivity contribution in [2.75, 3.05) is 0 Å². The van der Waals surface area contributed by atoms with Crippen LogP contribution in [0.3, 0.4) is 0 Å². The van der Waals surface area contributed by atoms with E-state index in [1.165, 1.54) is 54.9 Å². The fraction of sp³-hybridized carbons (Fsp3) is 0.286. The molecule has 0 fully saturated rings. The molecule has 0 aliphatic carbocycles. The zero-order chi connectivity index (χ0) is 20.1. The van der Waals surface area contributed by atoms with E-state index in [-0.39, 0.29) is 41.1 Å². The maximum atomic E-state index is 2.26. The van der Waals surface area contributed by atoms with Gasteiger partial charge in [-0.15, -0.1) is 68.1 Å². The first-order chi connectivity index (χ1) is 12.8. The number of rotatable bonds is 0. The van der Waals surface area contributed by atoms with Crippen molar-refractivity contribution >= 4 is 31.1 Å². The second kappa shape index (κ2) is 13.9. The number of benzene rings is 2. The molecule has 0 saturated carbocycles. The molecule has 30 heavy (non-hydrogen) atoms. The Kier molecular flexibility index (Phi) is 14.4. The third-order valence-electron chi connectivity index (χ3n) is 4.93. The van der Waals surface area contributed by atoms with E-state index in [4.69, 9.17) is 0 Å². The van der Waals surface area contributed by atoms with Crippen molar-refractivity contribution in [1.82, 2.24) is 0 Å². The molecular formula is C28H38SiZr. The molecule has 4 aromatic carbocycles. The number of aryl methyl sites for hydroxylation is 6. The molecule has 0 saturated heterocycles. The van der Waals surface area contributed by atoms with Crippen molar-refractivity contribution in [3.05, 3.63) is 96.8 Å². The van der Waals surface area contributed by atoms with Crippen molar-refractivity contribution in [2.24, 2.45) is 0 Å². The molecule has 4 aromatic rings. The molecule has 4 rings (SSSR count). The minimum atomic E-state index is 0. The van der Waals surface area contributed by atoms with Gasteiger partial charge in [0, 0.05) is 9.52 Å². The maximum Gasteiger partial charge on any atom is 4.00 e. The zero-order valence-electron chi connectivity index (χ0n) is 20.6. The maximum absolute atomic E-state index is 2.26. The molecule has 0 spiro atoms. The van der Waals surface area contributed by atoms with Crippen LogP contribution in [0.2, 0.25) is 13.1 Å². The fourth-order valence-corrected chi connectivity index (χ4v) is 3.47. The van der Waals surface area contributed by atoms with Crippen LogP contribution >= 0.6 is 0 Å². The molecule has 0 N–H and O–H groups in total. The Bertz CT molecular complexity index is 872. The summed E-state index contributed by atoms with van der Waals surface area (Å²) in [6.07, 6.45) is 0. The average molecular weight is 494 g/mol. The monoisotopic (exact) mass is 492 g/mol. The fourth-order valence-electron chi connectivity index (χ4n) is 3.47. The van der Waals surface area contributed by atoms with Crippen molar-refractivity contribution in [3.8, 4) is 0 Å². The summed E-state index contributed by atoms with van der Waals surface area (Å²) >= 11 is 0. The van der Waals surface area contributed by atoms with E-state index in [9.17, 15) is 0 Å². The number of hydrogen-bond acceptors (Lipinski definition) is 0. The molecule has 0 nitrogen and oxygen atoms in total. The summed E-state index contributed by atoms with van der Waals surface area (Å²) in [5.74, 6) is 0. The van der Waals surface area contributed by atoms with Crippen molar-refractivity contribution in [1.29, 1.82) is 0 Å². The molecule has 0 amide bonds. The van der Waals surface area contributed by atoms with Gasteiger partial charge in [0.25, 0.3) is 0 Å². The van der Waals surface area contributed by atoms with Gasteiger partial charge in [0.05, 0.1) is 0 Å². The second-order valence-electron chi connectivity index (χ2n) is 7.62. The third kappa shape index (κ3) is 7.47. The Morgan fingerprint density at radius 2 is 0.833 bits per heavy atom. The van der Waals surface area contributed by atoms with Gasteiger partial charge in [-0.05, 0) is 13.8 Å². The van der Waals surface area contributed by atoms with Gasteiger partial charge in [-0.3, -0.25) is 0 Å². The summed E-state index contributed by atoms with van der Waals surface area (Å²) in [6, 6.07) is 17.8. The molecule has 0 aliphatic rings. The first-order valence-electron chi connectivity index (χ1n) is 9.63. The van der Waals surface area contributed by atoms with Crippen molar-refractivity contribution < 1.29 is 26.2 Å². The normalized spacial score (nSPS) is 9.33. The minimum Gasteiger partial charge on any atom is -0.358 e. The summed E-state index contributed by atoms with van der Waals surface area (Å²) in [4.78, 5) is 0. The van der Waals surface area contributed by atoms with E-state index in [0.717, 1.165) is 9.52 Å².